The number of likely N-dealkylation sites (tertiary alicyclic amines) is 1. The number of carbonyl (C=O) groups excluding carboxylic acids is 2. The summed E-state index contributed by atoms with van der Waals surface area (Å²) in [6, 6.07) is 5.21. The van der Waals surface area contributed by atoms with E-state index in [1.54, 1.807) is 42.0 Å². The van der Waals surface area contributed by atoms with Crippen LogP contribution in [0.2, 0.25) is 0 Å². The van der Waals surface area contributed by atoms with Crippen LogP contribution in [-0.4, -0.2) is 75.5 Å². The first kappa shape index (κ1) is 26.5. The van der Waals surface area contributed by atoms with Gasteiger partial charge < -0.3 is 19.7 Å². The van der Waals surface area contributed by atoms with Crippen molar-refractivity contribution in [3.05, 3.63) is 35.8 Å². The number of nitrogens with zero attached hydrogens (tertiary/aromatic N) is 5. The Balaban J connectivity index is 1.77. The number of rotatable bonds is 8. The first-order valence-electron chi connectivity index (χ1n) is 11.6. The standard InChI is InChI=1S/C25H26Cl2N6O4/c1-36-18-11-16(12-19(13-18)37-2)3-4-20-23-24(30-21(34)5-8-26)28-15-29-25(23)33(31-20)17-7-10-32(14-17)22(35)6-9-27/h11-13,15,17H,5-10,14H2,1-2H3,(H,28,29,30,34)/t17-/m0/s1. The quantitative estimate of drug-likeness (QED) is 0.342. The van der Waals surface area contributed by atoms with Crippen LogP contribution in [0.3, 0.4) is 0 Å². The molecule has 0 aliphatic carbocycles. The molecule has 1 atom stereocenters. The van der Waals surface area contributed by atoms with Gasteiger partial charge in [0.1, 0.15) is 29.3 Å². The largest absolute Gasteiger partial charge is 0.497 e. The van der Waals surface area contributed by atoms with E-state index >= 15 is 0 Å². The molecular formula is C25H26Cl2N6O4. The van der Waals surface area contributed by atoms with Crippen LogP contribution in [0, 0.1) is 11.8 Å². The van der Waals surface area contributed by atoms with Gasteiger partial charge in [0.2, 0.25) is 11.8 Å². The zero-order valence-electron chi connectivity index (χ0n) is 20.5. The maximum atomic E-state index is 12.4. The number of ether oxygens (including phenoxy) is 2. The molecule has 0 saturated carbocycles. The van der Waals surface area contributed by atoms with Crippen LogP contribution in [0.15, 0.2) is 24.5 Å². The molecule has 4 rings (SSSR count). The molecule has 1 fully saturated rings. The number of fused-ring (bicyclic) bond motifs is 1. The summed E-state index contributed by atoms with van der Waals surface area (Å²) in [5.41, 5.74) is 1.56. The molecule has 1 saturated heterocycles. The Morgan fingerprint density at radius 3 is 2.49 bits per heavy atom. The number of carbonyl (C=O) groups is 2. The van der Waals surface area contributed by atoms with Gasteiger partial charge in [-0.3, -0.25) is 9.59 Å². The van der Waals surface area contributed by atoms with Crippen molar-refractivity contribution in [2.45, 2.75) is 25.3 Å². The first-order chi connectivity index (χ1) is 18.0. The lowest BCUT2D eigenvalue weighted by atomic mass is 10.2. The van der Waals surface area contributed by atoms with Crippen LogP contribution in [-0.2, 0) is 9.59 Å². The molecular weight excluding hydrogens is 519 g/mol. The van der Waals surface area contributed by atoms with Gasteiger partial charge in [0.05, 0.1) is 25.6 Å². The summed E-state index contributed by atoms with van der Waals surface area (Å²) in [5, 5.41) is 8.07. The second kappa shape index (κ2) is 12.1. The Morgan fingerprint density at radius 1 is 1.08 bits per heavy atom. The molecule has 2 aromatic heterocycles. The number of hydrogen-bond donors (Lipinski definition) is 1. The fourth-order valence-corrected chi connectivity index (χ4v) is 4.44. The number of methoxy groups -OCH3 is 2. The maximum Gasteiger partial charge on any atom is 0.226 e. The topological polar surface area (TPSA) is 111 Å². The lowest BCUT2D eigenvalue weighted by Gasteiger charge is -2.16. The molecule has 0 spiro atoms. The van der Waals surface area contributed by atoms with Crippen LogP contribution in [0.25, 0.3) is 11.0 Å². The Hall–Kier alpha value is -3.55. The van der Waals surface area contributed by atoms with Crippen LogP contribution >= 0.6 is 23.2 Å². The number of benzene rings is 1. The second-order valence-electron chi connectivity index (χ2n) is 8.27. The number of anilines is 1. The van der Waals surface area contributed by atoms with E-state index in [4.69, 9.17) is 37.8 Å². The smallest absolute Gasteiger partial charge is 0.226 e. The fraction of sp³-hybridized carbons (Fsp3) is 0.400. The SMILES string of the molecule is COc1cc(C#Cc2nn([C@H]3CCN(C(=O)CCCl)C3)c3ncnc(NC(=O)CCCl)c23)cc(OC)c1. The number of halogens is 2. The summed E-state index contributed by atoms with van der Waals surface area (Å²) in [5.74, 6) is 7.88. The van der Waals surface area contributed by atoms with E-state index in [0.29, 0.717) is 59.1 Å². The third-order valence-corrected chi connectivity index (χ3v) is 6.29. The van der Waals surface area contributed by atoms with Crippen LogP contribution in [0.4, 0.5) is 5.82 Å². The van der Waals surface area contributed by atoms with Gasteiger partial charge in [-0.2, -0.15) is 5.10 Å². The minimum absolute atomic E-state index is 0.00426. The van der Waals surface area contributed by atoms with E-state index in [-0.39, 0.29) is 42.5 Å². The molecule has 1 N–H and O–H groups in total. The van der Waals surface area contributed by atoms with E-state index < -0.39 is 0 Å². The summed E-state index contributed by atoms with van der Waals surface area (Å²) in [6.07, 6.45) is 2.48. The van der Waals surface area contributed by atoms with E-state index in [9.17, 15) is 9.59 Å². The summed E-state index contributed by atoms with van der Waals surface area (Å²) in [4.78, 5) is 35.2. The summed E-state index contributed by atoms with van der Waals surface area (Å²) < 4.78 is 12.4. The van der Waals surface area contributed by atoms with Gasteiger partial charge in [0.25, 0.3) is 0 Å². The van der Waals surface area contributed by atoms with Gasteiger partial charge in [-0.05, 0) is 24.5 Å². The average molecular weight is 545 g/mol. The zero-order valence-corrected chi connectivity index (χ0v) is 22.0. The van der Waals surface area contributed by atoms with Crippen LogP contribution in [0.5, 0.6) is 11.5 Å². The Labute approximate surface area is 224 Å². The number of hydrogen-bond acceptors (Lipinski definition) is 7. The third-order valence-electron chi connectivity index (χ3n) is 5.92. The van der Waals surface area contributed by atoms with Crippen molar-refractivity contribution < 1.29 is 19.1 Å². The minimum atomic E-state index is -0.280. The number of nitrogens with one attached hydrogen (secondary N) is 1. The summed E-state index contributed by atoms with van der Waals surface area (Å²) in [6.45, 7) is 1.07. The van der Waals surface area contributed by atoms with Gasteiger partial charge >= 0.3 is 0 Å². The number of alkyl halides is 2. The third kappa shape index (κ3) is 6.06. The van der Waals surface area contributed by atoms with E-state index in [2.05, 4.69) is 27.1 Å². The van der Waals surface area contributed by atoms with Crippen molar-refractivity contribution >= 4 is 51.9 Å². The maximum absolute atomic E-state index is 12.4. The zero-order chi connectivity index (χ0) is 26.4. The Kier molecular flexibility index (Phi) is 8.69. The molecule has 194 valence electrons. The van der Waals surface area contributed by atoms with Gasteiger partial charge in [0, 0.05) is 49.3 Å². The van der Waals surface area contributed by atoms with Crippen molar-refractivity contribution in [2.24, 2.45) is 0 Å². The van der Waals surface area contributed by atoms with Crippen LogP contribution < -0.4 is 14.8 Å². The molecule has 0 radical (unpaired) electrons. The molecule has 12 heteroatoms. The summed E-state index contributed by atoms with van der Waals surface area (Å²) >= 11 is 11.5. The Morgan fingerprint density at radius 2 is 1.81 bits per heavy atom. The van der Waals surface area contributed by atoms with Gasteiger partial charge in [0.15, 0.2) is 5.65 Å². The highest BCUT2D eigenvalue weighted by molar-refractivity contribution is 6.19. The summed E-state index contributed by atoms with van der Waals surface area (Å²) in [7, 11) is 3.13. The second-order valence-corrected chi connectivity index (χ2v) is 9.03. The van der Waals surface area contributed by atoms with Crippen molar-refractivity contribution in [2.75, 3.05) is 44.4 Å². The molecule has 3 heterocycles. The first-order valence-corrected chi connectivity index (χ1v) is 12.7. The lowest BCUT2D eigenvalue weighted by molar-refractivity contribution is -0.129. The van der Waals surface area contributed by atoms with E-state index in [1.807, 2.05) is 0 Å². The van der Waals surface area contributed by atoms with Gasteiger partial charge in [-0.1, -0.05) is 5.92 Å². The van der Waals surface area contributed by atoms with Crippen molar-refractivity contribution in [1.82, 2.24) is 24.6 Å². The molecule has 1 aliphatic heterocycles. The lowest BCUT2D eigenvalue weighted by Crippen LogP contribution is -2.29. The van der Waals surface area contributed by atoms with Crippen LogP contribution in [0.1, 0.15) is 36.6 Å². The predicted octanol–water partition coefficient (Wildman–Crippen LogP) is 3.21. The molecule has 1 aliphatic rings. The predicted molar refractivity (Wildman–Crippen MR) is 140 cm³/mol. The molecule has 37 heavy (non-hydrogen) atoms. The van der Waals surface area contributed by atoms with Crippen molar-refractivity contribution in [3.63, 3.8) is 0 Å². The molecule has 10 nitrogen and oxygen atoms in total. The molecule has 0 unspecified atom stereocenters. The highest BCUT2D eigenvalue weighted by atomic mass is 35.5. The molecule has 2 amide bonds. The minimum Gasteiger partial charge on any atom is -0.497 e. The average Bonchev–Trinajstić information content (AvgIpc) is 3.53. The van der Waals surface area contributed by atoms with E-state index in [1.165, 1.54) is 6.33 Å². The van der Waals surface area contributed by atoms with E-state index in [0.717, 1.165) is 0 Å². The molecule has 0 bridgehead atoms. The molecule has 3 aromatic rings. The van der Waals surface area contributed by atoms with Crippen molar-refractivity contribution in [3.8, 4) is 23.3 Å². The van der Waals surface area contributed by atoms with Gasteiger partial charge in [-0.25, -0.2) is 14.6 Å². The van der Waals surface area contributed by atoms with Gasteiger partial charge in [-0.15, -0.1) is 23.2 Å². The highest BCUT2D eigenvalue weighted by Gasteiger charge is 2.30. The van der Waals surface area contributed by atoms with Crippen molar-refractivity contribution in [1.29, 1.82) is 0 Å². The Bertz CT molecular complexity index is 1340. The highest BCUT2D eigenvalue weighted by Crippen LogP contribution is 2.30. The normalized spacial score (nSPS) is 14.8. The fourth-order valence-electron chi connectivity index (χ4n) is 4.11. The molecule has 1 aromatic carbocycles. The number of amides is 2. The number of aromatic nitrogens is 4. The monoisotopic (exact) mass is 544 g/mol.